The van der Waals surface area contributed by atoms with Gasteiger partial charge in [0.05, 0.1) is 6.10 Å². The quantitative estimate of drug-likeness (QED) is 0.381. The lowest BCUT2D eigenvalue weighted by molar-refractivity contribution is 0.0303. The Bertz CT molecular complexity index is 157. The molecule has 0 amide bonds. The minimum atomic E-state index is 0.250. The molecule has 0 rings (SSSR count). The van der Waals surface area contributed by atoms with E-state index in [-0.39, 0.29) is 6.61 Å². The second-order valence-corrected chi connectivity index (χ2v) is 5.98. The van der Waals surface area contributed by atoms with E-state index in [2.05, 4.69) is 13.8 Å². The lowest BCUT2D eigenvalue weighted by Crippen LogP contribution is -2.14. The van der Waals surface area contributed by atoms with Crippen molar-refractivity contribution in [3.63, 3.8) is 0 Å². The Balaban J connectivity index is 3.64. The van der Waals surface area contributed by atoms with E-state index < -0.39 is 0 Å². The van der Waals surface area contributed by atoms with Crippen molar-refractivity contribution < 1.29 is 9.84 Å². The maximum atomic E-state index is 8.85. The highest BCUT2D eigenvalue weighted by atomic mass is 16.5. The fourth-order valence-electron chi connectivity index (χ4n) is 2.58. The lowest BCUT2D eigenvalue weighted by atomic mass is 10.0. The van der Waals surface area contributed by atoms with Gasteiger partial charge in [0.1, 0.15) is 0 Å². The third kappa shape index (κ3) is 14.3. The van der Waals surface area contributed by atoms with E-state index in [9.17, 15) is 0 Å². The van der Waals surface area contributed by atoms with Gasteiger partial charge in [-0.1, -0.05) is 78.1 Å². The van der Waals surface area contributed by atoms with Crippen LogP contribution in [0.25, 0.3) is 0 Å². The molecule has 2 nitrogen and oxygen atoms in total. The smallest absolute Gasteiger partial charge is 0.0575 e. The van der Waals surface area contributed by atoms with Crippen molar-refractivity contribution in [1.82, 2.24) is 0 Å². The van der Waals surface area contributed by atoms with E-state index in [0.717, 1.165) is 13.0 Å². The maximum Gasteiger partial charge on any atom is 0.0575 e. The highest BCUT2D eigenvalue weighted by molar-refractivity contribution is 4.60. The van der Waals surface area contributed by atoms with Crippen LogP contribution < -0.4 is 0 Å². The molecule has 0 radical (unpaired) electrons. The van der Waals surface area contributed by atoms with Crippen LogP contribution in [-0.2, 0) is 4.74 Å². The van der Waals surface area contributed by atoms with Crippen molar-refractivity contribution in [3.05, 3.63) is 0 Å². The minimum absolute atomic E-state index is 0.250. The molecule has 0 atom stereocenters. The van der Waals surface area contributed by atoms with Crippen LogP contribution in [0, 0.1) is 0 Å². The summed E-state index contributed by atoms with van der Waals surface area (Å²) in [6, 6.07) is 0. The van der Waals surface area contributed by atoms with Crippen LogP contribution >= 0.6 is 0 Å². The molecule has 122 valence electrons. The van der Waals surface area contributed by atoms with Crippen LogP contribution in [-0.4, -0.2) is 24.4 Å². The van der Waals surface area contributed by atoms with Gasteiger partial charge in [0.2, 0.25) is 0 Å². The summed E-state index contributed by atoms with van der Waals surface area (Å²) in [4.78, 5) is 0. The Morgan fingerprint density at radius 1 is 0.700 bits per heavy atom. The number of rotatable bonds is 16. The topological polar surface area (TPSA) is 29.5 Å². The van der Waals surface area contributed by atoms with Crippen molar-refractivity contribution in [2.24, 2.45) is 0 Å². The molecule has 0 aromatic heterocycles. The van der Waals surface area contributed by atoms with Crippen LogP contribution in [0.5, 0.6) is 0 Å². The summed E-state index contributed by atoms with van der Waals surface area (Å²) < 4.78 is 5.94. The molecule has 0 spiro atoms. The zero-order valence-corrected chi connectivity index (χ0v) is 14.0. The average Bonchev–Trinajstić information content (AvgIpc) is 2.46. The molecule has 0 bridgehead atoms. The van der Waals surface area contributed by atoms with Gasteiger partial charge in [-0.05, 0) is 19.3 Å². The zero-order chi connectivity index (χ0) is 14.9. The molecule has 2 heteroatoms. The third-order valence-corrected chi connectivity index (χ3v) is 3.92. The summed E-state index contributed by atoms with van der Waals surface area (Å²) >= 11 is 0. The summed E-state index contributed by atoms with van der Waals surface area (Å²) in [6.07, 6.45) is 17.1. The van der Waals surface area contributed by atoms with Crippen molar-refractivity contribution in [3.8, 4) is 0 Å². The van der Waals surface area contributed by atoms with Gasteiger partial charge in [0.25, 0.3) is 0 Å². The van der Waals surface area contributed by atoms with Crippen LogP contribution in [0.1, 0.15) is 97.3 Å². The fraction of sp³-hybridized carbons (Fsp3) is 1.00. The fourth-order valence-corrected chi connectivity index (χ4v) is 2.58. The van der Waals surface area contributed by atoms with Gasteiger partial charge in [-0.2, -0.15) is 0 Å². The first kappa shape index (κ1) is 19.9. The highest BCUT2D eigenvalue weighted by Gasteiger charge is 2.08. The maximum absolute atomic E-state index is 8.85. The van der Waals surface area contributed by atoms with Crippen molar-refractivity contribution >= 4 is 0 Å². The largest absolute Gasteiger partial charge is 0.396 e. The van der Waals surface area contributed by atoms with Gasteiger partial charge >= 0.3 is 0 Å². The summed E-state index contributed by atoms with van der Waals surface area (Å²) in [5.41, 5.74) is 0. The number of hydrogen-bond acceptors (Lipinski definition) is 2. The van der Waals surface area contributed by atoms with Gasteiger partial charge in [0.15, 0.2) is 0 Å². The van der Waals surface area contributed by atoms with E-state index in [1.165, 1.54) is 77.0 Å². The predicted octanol–water partition coefficient (Wildman–Crippen LogP) is 5.48. The molecule has 0 saturated carbocycles. The Morgan fingerprint density at radius 3 is 1.65 bits per heavy atom. The summed E-state index contributed by atoms with van der Waals surface area (Å²) in [5.74, 6) is 0. The Hall–Kier alpha value is -0.0800. The van der Waals surface area contributed by atoms with E-state index >= 15 is 0 Å². The predicted molar refractivity (Wildman–Crippen MR) is 88.2 cm³/mol. The second kappa shape index (κ2) is 17.0. The van der Waals surface area contributed by atoms with E-state index in [1.807, 2.05) is 0 Å². The van der Waals surface area contributed by atoms with Crippen molar-refractivity contribution in [2.75, 3.05) is 13.2 Å². The normalized spacial score (nSPS) is 11.4. The first-order valence-corrected chi connectivity index (χ1v) is 9.07. The van der Waals surface area contributed by atoms with Crippen LogP contribution in [0.15, 0.2) is 0 Å². The molecule has 0 heterocycles. The molecule has 0 fully saturated rings. The second-order valence-electron chi connectivity index (χ2n) is 5.98. The monoisotopic (exact) mass is 286 g/mol. The summed E-state index contributed by atoms with van der Waals surface area (Å²) in [5, 5.41) is 8.85. The lowest BCUT2D eigenvalue weighted by Gasteiger charge is -2.18. The van der Waals surface area contributed by atoms with Gasteiger partial charge in [-0.25, -0.2) is 0 Å². The van der Waals surface area contributed by atoms with E-state index in [1.54, 1.807) is 0 Å². The molecule has 0 aromatic carbocycles. The molecule has 0 aliphatic carbocycles. The Morgan fingerprint density at radius 2 is 1.20 bits per heavy atom. The summed E-state index contributed by atoms with van der Waals surface area (Å²) in [7, 11) is 0. The van der Waals surface area contributed by atoms with Gasteiger partial charge < -0.3 is 9.84 Å². The standard InChI is InChI=1S/C18H38O2/c1-3-5-7-9-11-14-18(20-17-13-16-19)15-12-10-8-6-4-2/h18-19H,3-17H2,1-2H3. The number of unbranched alkanes of at least 4 members (excludes halogenated alkanes) is 8. The van der Waals surface area contributed by atoms with Crippen LogP contribution in [0.3, 0.4) is 0 Å². The van der Waals surface area contributed by atoms with Crippen LogP contribution in [0.2, 0.25) is 0 Å². The molecule has 20 heavy (non-hydrogen) atoms. The van der Waals surface area contributed by atoms with Crippen molar-refractivity contribution in [2.45, 2.75) is 103 Å². The molecule has 0 unspecified atom stereocenters. The number of aliphatic hydroxyl groups is 1. The number of ether oxygens (including phenoxy) is 1. The number of hydrogen-bond donors (Lipinski definition) is 1. The minimum Gasteiger partial charge on any atom is -0.396 e. The molecule has 0 saturated heterocycles. The van der Waals surface area contributed by atoms with Gasteiger partial charge in [-0.3, -0.25) is 0 Å². The van der Waals surface area contributed by atoms with Gasteiger partial charge in [0, 0.05) is 13.2 Å². The molecule has 0 aliphatic rings. The molecular weight excluding hydrogens is 248 g/mol. The van der Waals surface area contributed by atoms with Crippen molar-refractivity contribution in [1.29, 1.82) is 0 Å². The molecule has 1 N–H and O–H groups in total. The van der Waals surface area contributed by atoms with Gasteiger partial charge in [-0.15, -0.1) is 0 Å². The van der Waals surface area contributed by atoms with E-state index in [0.29, 0.717) is 6.10 Å². The Labute approximate surface area is 127 Å². The summed E-state index contributed by atoms with van der Waals surface area (Å²) in [6.45, 7) is 5.50. The third-order valence-electron chi connectivity index (χ3n) is 3.92. The zero-order valence-electron chi connectivity index (χ0n) is 14.0. The number of aliphatic hydroxyl groups excluding tert-OH is 1. The average molecular weight is 286 g/mol. The Kier molecular flexibility index (Phi) is 16.9. The first-order chi connectivity index (χ1) is 9.85. The highest BCUT2D eigenvalue weighted by Crippen LogP contribution is 2.16. The molecular formula is C18H38O2. The molecule has 0 aliphatic heterocycles. The first-order valence-electron chi connectivity index (χ1n) is 9.07. The van der Waals surface area contributed by atoms with E-state index in [4.69, 9.17) is 9.84 Å². The molecule has 0 aromatic rings. The SMILES string of the molecule is CCCCCCCC(CCCCCCC)OCCCO. The van der Waals surface area contributed by atoms with Crippen LogP contribution in [0.4, 0.5) is 0 Å².